The van der Waals surface area contributed by atoms with Crippen LogP contribution in [-0.4, -0.2) is 0 Å². The summed E-state index contributed by atoms with van der Waals surface area (Å²) in [5.74, 6) is 0.731. The number of nitriles is 1. The number of allylic oxidation sites excluding steroid dienone is 1. The lowest BCUT2D eigenvalue weighted by atomic mass is 10.00. The first-order valence-corrected chi connectivity index (χ1v) is 12.4. The van der Waals surface area contributed by atoms with Crippen molar-refractivity contribution in [2.45, 2.75) is 6.61 Å². The maximum absolute atomic E-state index is 9.83. The fourth-order valence-corrected chi connectivity index (χ4v) is 5.44. The van der Waals surface area contributed by atoms with Gasteiger partial charge in [0, 0.05) is 0 Å². The zero-order valence-corrected chi connectivity index (χ0v) is 21.3. The molecule has 5 aromatic carbocycles. The first-order chi connectivity index (χ1) is 16.6. The molecule has 0 aliphatic rings. The van der Waals surface area contributed by atoms with Crippen LogP contribution >= 0.6 is 31.9 Å². The summed E-state index contributed by atoms with van der Waals surface area (Å²) in [6, 6.07) is 35.2. The second-order valence-electron chi connectivity index (χ2n) is 8.02. The van der Waals surface area contributed by atoms with Gasteiger partial charge in [0.15, 0.2) is 0 Å². The number of ether oxygens (including phenoxy) is 1. The average molecular weight is 569 g/mol. The van der Waals surface area contributed by atoms with Crippen LogP contribution in [0.4, 0.5) is 0 Å². The molecular weight excluding hydrogens is 550 g/mol. The fourth-order valence-electron chi connectivity index (χ4n) is 3.99. The van der Waals surface area contributed by atoms with E-state index in [4.69, 9.17) is 4.74 Å². The molecule has 0 radical (unpaired) electrons. The summed E-state index contributed by atoms with van der Waals surface area (Å²) in [7, 11) is 0. The van der Waals surface area contributed by atoms with Crippen molar-refractivity contribution in [1.82, 2.24) is 0 Å². The van der Waals surface area contributed by atoms with Gasteiger partial charge in [0.05, 0.1) is 20.6 Å². The minimum atomic E-state index is 0.456. The Kier molecular flexibility index (Phi) is 6.49. The number of hydrogen-bond acceptors (Lipinski definition) is 2. The van der Waals surface area contributed by atoms with Crippen molar-refractivity contribution in [2.24, 2.45) is 0 Å². The smallest absolute Gasteiger partial charge is 0.148 e. The number of rotatable bonds is 5. The fraction of sp³-hybridized carbons (Fsp3) is 0.0333. The Morgan fingerprint density at radius 3 is 1.97 bits per heavy atom. The topological polar surface area (TPSA) is 33.0 Å². The standard InChI is InChI=1S/C30H19Br2NO/c31-28-15-21(14-27(18-33)26-12-11-23-6-2-4-8-25(23)17-26)16-29(32)30(28)34-19-20-9-10-22-5-1-3-7-24(22)13-20/h1-17H,19H2/b27-14-. The molecule has 4 heteroatoms. The van der Waals surface area contributed by atoms with Crippen molar-refractivity contribution >= 4 is 65.1 Å². The van der Waals surface area contributed by atoms with Gasteiger partial charge in [-0.05, 0) is 100 Å². The summed E-state index contributed by atoms with van der Waals surface area (Å²) in [6.07, 6.45) is 1.90. The van der Waals surface area contributed by atoms with Crippen LogP contribution < -0.4 is 4.74 Å². The number of halogens is 2. The van der Waals surface area contributed by atoms with Crippen LogP contribution in [-0.2, 0) is 6.61 Å². The third-order valence-electron chi connectivity index (χ3n) is 5.71. The molecule has 0 fully saturated rings. The minimum absolute atomic E-state index is 0.456. The molecule has 0 spiro atoms. The molecule has 0 aliphatic heterocycles. The van der Waals surface area contributed by atoms with Crippen LogP contribution in [0.1, 0.15) is 16.7 Å². The molecule has 2 nitrogen and oxygen atoms in total. The van der Waals surface area contributed by atoms with E-state index in [1.165, 1.54) is 10.8 Å². The quantitative estimate of drug-likeness (QED) is 0.156. The lowest BCUT2D eigenvalue weighted by Gasteiger charge is -2.12. The maximum Gasteiger partial charge on any atom is 0.148 e. The predicted octanol–water partition coefficient (Wildman–Crippen LogP) is 9.16. The normalized spacial score (nSPS) is 11.5. The molecule has 0 aromatic heterocycles. The number of nitrogens with zero attached hydrogens (tertiary/aromatic N) is 1. The molecule has 34 heavy (non-hydrogen) atoms. The van der Waals surface area contributed by atoms with E-state index in [2.05, 4.69) is 86.5 Å². The van der Waals surface area contributed by atoms with E-state index in [1.54, 1.807) is 0 Å². The van der Waals surface area contributed by atoms with Crippen LogP contribution in [0.15, 0.2) is 106 Å². The Labute approximate surface area is 215 Å². The van der Waals surface area contributed by atoms with Crippen molar-refractivity contribution in [3.8, 4) is 11.8 Å². The molecule has 0 saturated carbocycles. The highest BCUT2D eigenvalue weighted by Crippen LogP contribution is 2.36. The summed E-state index contributed by atoms with van der Waals surface area (Å²) in [6.45, 7) is 0.456. The molecule has 0 atom stereocenters. The van der Waals surface area contributed by atoms with E-state index >= 15 is 0 Å². The van der Waals surface area contributed by atoms with Gasteiger partial charge < -0.3 is 4.74 Å². The van der Waals surface area contributed by atoms with Gasteiger partial charge >= 0.3 is 0 Å². The molecular formula is C30H19Br2NO. The zero-order chi connectivity index (χ0) is 23.5. The van der Waals surface area contributed by atoms with E-state index in [1.807, 2.05) is 54.6 Å². The van der Waals surface area contributed by atoms with Crippen LogP contribution in [0.25, 0.3) is 33.2 Å². The van der Waals surface area contributed by atoms with Gasteiger partial charge in [-0.25, -0.2) is 0 Å². The Morgan fingerprint density at radius 2 is 1.32 bits per heavy atom. The molecule has 0 saturated heterocycles. The predicted molar refractivity (Wildman–Crippen MR) is 148 cm³/mol. The van der Waals surface area contributed by atoms with E-state index in [-0.39, 0.29) is 0 Å². The highest BCUT2D eigenvalue weighted by atomic mass is 79.9. The average Bonchev–Trinajstić information content (AvgIpc) is 2.86. The molecule has 0 aliphatic carbocycles. The summed E-state index contributed by atoms with van der Waals surface area (Å²) in [4.78, 5) is 0. The Hall–Kier alpha value is -3.39. The summed E-state index contributed by atoms with van der Waals surface area (Å²) < 4.78 is 7.79. The van der Waals surface area contributed by atoms with Crippen molar-refractivity contribution in [3.63, 3.8) is 0 Å². The molecule has 5 rings (SSSR count). The lowest BCUT2D eigenvalue weighted by molar-refractivity contribution is 0.302. The Balaban J connectivity index is 1.40. The first-order valence-electron chi connectivity index (χ1n) is 10.8. The molecule has 0 amide bonds. The van der Waals surface area contributed by atoms with Gasteiger partial charge in [-0.3, -0.25) is 0 Å². The van der Waals surface area contributed by atoms with Gasteiger partial charge in [0.25, 0.3) is 0 Å². The van der Waals surface area contributed by atoms with Gasteiger partial charge in [0.2, 0.25) is 0 Å². The zero-order valence-electron chi connectivity index (χ0n) is 18.1. The van der Waals surface area contributed by atoms with Crippen LogP contribution in [0.5, 0.6) is 5.75 Å². The monoisotopic (exact) mass is 567 g/mol. The van der Waals surface area contributed by atoms with Crippen molar-refractivity contribution in [3.05, 3.63) is 123 Å². The van der Waals surface area contributed by atoms with E-state index in [0.29, 0.717) is 12.2 Å². The second kappa shape index (κ2) is 9.85. The minimum Gasteiger partial charge on any atom is -0.487 e. The number of benzene rings is 5. The third kappa shape index (κ3) is 4.77. The number of fused-ring (bicyclic) bond motifs is 2. The number of hydrogen-bond donors (Lipinski definition) is 0. The Bertz CT molecular complexity index is 1570. The largest absolute Gasteiger partial charge is 0.487 e. The van der Waals surface area contributed by atoms with E-state index in [9.17, 15) is 5.26 Å². The second-order valence-corrected chi connectivity index (χ2v) is 9.72. The maximum atomic E-state index is 9.83. The van der Waals surface area contributed by atoms with Crippen LogP contribution in [0.2, 0.25) is 0 Å². The highest BCUT2D eigenvalue weighted by molar-refractivity contribution is 9.11. The van der Waals surface area contributed by atoms with Crippen LogP contribution in [0.3, 0.4) is 0 Å². The molecule has 0 bridgehead atoms. The Morgan fingerprint density at radius 1 is 0.735 bits per heavy atom. The molecule has 0 unspecified atom stereocenters. The molecule has 164 valence electrons. The summed E-state index contributed by atoms with van der Waals surface area (Å²) in [5.41, 5.74) is 3.51. The molecule has 0 N–H and O–H groups in total. The van der Waals surface area contributed by atoms with Gasteiger partial charge in [0.1, 0.15) is 12.4 Å². The van der Waals surface area contributed by atoms with Crippen LogP contribution in [0, 0.1) is 11.3 Å². The SMILES string of the molecule is N#C/C(=C/c1cc(Br)c(OCc2ccc3ccccc3c2)c(Br)c1)c1ccc2ccccc2c1. The lowest BCUT2D eigenvalue weighted by Crippen LogP contribution is -1.97. The molecule has 5 aromatic rings. The highest BCUT2D eigenvalue weighted by Gasteiger charge is 2.11. The van der Waals surface area contributed by atoms with E-state index in [0.717, 1.165) is 42.2 Å². The van der Waals surface area contributed by atoms with E-state index < -0.39 is 0 Å². The van der Waals surface area contributed by atoms with Gasteiger partial charge in [-0.15, -0.1) is 0 Å². The summed E-state index contributed by atoms with van der Waals surface area (Å²) >= 11 is 7.29. The summed E-state index contributed by atoms with van der Waals surface area (Å²) in [5, 5.41) is 14.5. The third-order valence-corrected chi connectivity index (χ3v) is 6.89. The van der Waals surface area contributed by atoms with Crippen molar-refractivity contribution < 1.29 is 4.74 Å². The molecule has 0 heterocycles. The first kappa shape index (κ1) is 22.4. The van der Waals surface area contributed by atoms with Crippen molar-refractivity contribution in [1.29, 1.82) is 5.26 Å². The van der Waals surface area contributed by atoms with Gasteiger partial charge in [-0.2, -0.15) is 5.26 Å². The van der Waals surface area contributed by atoms with Gasteiger partial charge in [-0.1, -0.05) is 72.8 Å². The van der Waals surface area contributed by atoms with Crippen molar-refractivity contribution in [2.75, 3.05) is 0 Å².